The van der Waals surface area contributed by atoms with Gasteiger partial charge in [0.15, 0.2) is 0 Å². The molecule has 2 fully saturated rings. The second-order valence-electron chi connectivity index (χ2n) is 5.48. The molecule has 1 N–H and O–H groups in total. The van der Waals surface area contributed by atoms with Crippen molar-refractivity contribution in [3.63, 3.8) is 0 Å². The maximum atomic E-state index is 11.0. The molecule has 4 heteroatoms. The molecule has 2 unspecified atom stereocenters. The molecule has 19 heavy (non-hydrogen) atoms. The van der Waals surface area contributed by atoms with E-state index in [0.717, 1.165) is 17.6 Å². The number of carbonyl (C=O) groups excluding carboxylic acids is 1. The predicted molar refractivity (Wildman–Crippen MR) is 79.1 cm³/mol. The number of nitrogens with one attached hydrogen (secondary N) is 1. The number of hydrogen-bond acceptors (Lipinski definition) is 3. The molecule has 1 aromatic carbocycles. The van der Waals surface area contributed by atoms with Gasteiger partial charge in [-0.15, -0.1) is 0 Å². The van der Waals surface area contributed by atoms with Crippen molar-refractivity contribution in [2.24, 2.45) is 5.92 Å². The van der Waals surface area contributed by atoms with Crippen LogP contribution < -0.4 is 5.32 Å². The van der Waals surface area contributed by atoms with E-state index >= 15 is 0 Å². The number of benzene rings is 1. The third-order valence-corrected chi connectivity index (χ3v) is 5.28. The van der Waals surface area contributed by atoms with Gasteiger partial charge in [-0.2, -0.15) is 0 Å². The van der Waals surface area contributed by atoms with Crippen LogP contribution in [-0.4, -0.2) is 22.8 Å². The minimum Gasteiger partial charge on any atom is -0.326 e. The summed E-state index contributed by atoms with van der Waals surface area (Å²) in [6.07, 6.45) is 5.54. The standard InChI is InChI=1S/C15H20N2OS/c1-11(18)16-13-5-7-14(8-6-13)19-17-10-9-12-3-2-4-15(12)17/h5-8,12,15H,2-4,9-10H2,1H3,(H,16,18). The molecule has 2 aliphatic rings. The van der Waals surface area contributed by atoms with E-state index in [9.17, 15) is 4.79 Å². The van der Waals surface area contributed by atoms with Crippen LogP contribution in [0.4, 0.5) is 5.69 Å². The predicted octanol–water partition coefficient (Wildman–Crippen LogP) is 3.53. The Kier molecular flexibility index (Phi) is 3.80. The molecule has 102 valence electrons. The summed E-state index contributed by atoms with van der Waals surface area (Å²) in [7, 11) is 0. The van der Waals surface area contributed by atoms with Gasteiger partial charge in [0.2, 0.25) is 5.91 Å². The number of nitrogens with zero attached hydrogens (tertiary/aromatic N) is 1. The number of amides is 1. The molecular formula is C15H20N2OS. The lowest BCUT2D eigenvalue weighted by atomic mass is 10.1. The fourth-order valence-electron chi connectivity index (χ4n) is 3.24. The van der Waals surface area contributed by atoms with Crippen LogP contribution in [0.5, 0.6) is 0 Å². The summed E-state index contributed by atoms with van der Waals surface area (Å²) in [6.45, 7) is 2.75. The Morgan fingerprint density at radius 2 is 2.05 bits per heavy atom. The topological polar surface area (TPSA) is 32.3 Å². The zero-order chi connectivity index (χ0) is 13.2. The molecule has 1 aromatic rings. The van der Waals surface area contributed by atoms with E-state index in [2.05, 4.69) is 21.8 Å². The molecule has 1 aliphatic carbocycles. The second-order valence-corrected chi connectivity index (χ2v) is 6.61. The molecule has 2 atom stereocenters. The monoisotopic (exact) mass is 276 g/mol. The Labute approximate surface area is 118 Å². The third kappa shape index (κ3) is 2.95. The minimum atomic E-state index is -0.0197. The van der Waals surface area contributed by atoms with Crippen molar-refractivity contribution < 1.29 is 4.79 Å². The molecule has 0 bridgehead atoms. The van der Waals surface area contributed by atoms with Gasteiger partial charge in [-0.25, -0.2) is 4.31 Å². The lowest BCUT2D eigenvalue weighted by Crippen LogP contribution is -2.23. The van der Waals surface area contributed by atoms with E-state index in [4.69, 9.17) is 0 Å². The van der Waals surface area contributed by atoms with Crippen molar-refractivity contribution in [3.8, 4) is 0 Å². The van der Waals surface area contributed by atoms with E-state index < -0.39 is 0 Å². The summed E-state index contributed by atoms with van der Waals surface area (Å²) < 4.78 is 2.56. The molecule has 0 radical (unpaired) electrons. The van der Waals surface area contributed by atoms with Crippen molar-refractivity contribution in [2.75, 3.05) is 11.9 Å². The highest BCUT2D eigenvalue weighted by Crippen LogP contribution is 2.42. The summed E-state index contributed by atoms with van der Waals surface area (Å²) in [4.78, 5) is 12.2. The number of fused-ring (bicyclic) bond motifs is 1. The Morgan fingerprint density at radius 1 is 1.26 bits per heavy atom. The smallest absolute Gasteiger partial charge is 0.221 e. The first kappa shape index (κ1) is 13.0. The summed E-state index contributed by atoms with van der Waals surface area (Å²) in [5, 5.41) is 2.80. The van der Waals surface area contributed by atoms with Gasteiger partial charge in [0.05, 0.1) is 0 Å². The van der Waals surface area contributed by atoms with E-state index in [-0.39, 0.29) is 5.91 Å². The summed E-state index contributed by atoms with van der Waals surface area (Å²) in [5.41, 5.74) is 0.872. The van der Waals surface area contributed by atoms with Crippen molar-refractivity contribution in [2.45, 2.75) is 43.5 Å². The van der Waals surface area contributed by atoms with Crippen molar-refractivity contribution in [1.29, 1.82) is 0 Å². The average molecular weight is 276 g/mol. The molecule has 3 rings (SSSR count). The minimum absolute atomic E-state index is 0.0197. The van der Waals surface area contributed by atoms with Crippen molar-refractivity contribution in [3.05, 3.63) is 24.3 Å². The summed E-state index contributed by atoms with van der Waals surface area (Å²) in [6, 6.07) is 8.94. The van der Waals surface area contributed by atoms with Gasteiger partial charge in [-0.05, 0) is 61.4 Å². The van der Waals surface area contributed by atoms with Gasteiger partial charge in [0, 0.05) is 30.1 Å². The van der Waals surface area contributed by atoms with Crippen LogP contribution in [0, 0.1) is 5.92 Å². The first-order chi connectivity index (χ1) is 9.22. The largest absolute Gasteiger partial charge is 0.326 e. The first-order valence-electron chi connectivity index (χ1n) is 7.04. The van der Waals surface area contributed by atoms with Crippen molar-refractivity contribution in [1.82, 2.24) is 4.31 Å². The van der Waals surface area contributed by atoms with Crippen LogP contribution in [0.15, 0.2) is 29.2 Å². The van der Waals surface area contributed by atoms with Gasteiger partial charge in [-0.1, -0.05) is 6.42 Å². The zero-order valence-corrected chi connectivity index (χ0v) is 12.1. The lowest BCUT2D eigenvalue weighted by Gasteiger charge is -2.22. The SMILES string of the molecule is CC(=O)Nc1ccc(SN2CCC3CCCC32)cc1. The van der Waals surface area contributed by atoms with Crippen LogP contribution in [0.1, 0.15) is 32.6 Å². The molecule has 3 nitrogen and oxygen atoms in total. The first-order valence-corrected chi connectivity index (χ1v) is 7.82. The quantitative estimate of drug-likeness (QED) is 0.857. The molecular weight excluding hydrogens is 256 g/mol. The van der Waals surface area contributed by atoms with Gasteiger partial charge >= 0.3 is 0 Å². The number of anilines is 1. The molecule has 0 spiro atoms. The maximum absolute atomic E-state index is 11.0. The fraction of sp³-hybridized carbons (Fsp3) is 0.533. The van der Waals surface area contributed by atoms with Crippen LogP contribution in [0.3, 0.4) is 0 Å². The second kappa shape index (κ2) is 5.55. The van der Waals surface area contributed by atoms with E-state index in [1.165, 1.54) is 44.0 Å². The Balaban J connectivity index is 1.62. The zero-order valence-electron chi connectivity index (χ0n) is 11.3. The highest BCUT2D eigenvalue weighted by molar-refractivity contribution is 7.97. The number of carbonyl (C=O) groups is 1. The van der Waals surface area contributed by atoms with Crippen molar-refractivity contribution >= 4 is 23.5 Å². The van der Waals surface area contributed by atoms with Gasteiger partial charge in [-0.3, -0.25) is 4.79 Å². The summed E-state index contributed by atoms with van der Waals surface area (Å²) >= 11 is 1.88. The maximum Gasteiger partial charge on any atom is 0.221 e. The van der Waals surface area contributed by atoms with Gasteiger partial charge < -0.3 is 5.32 Å². The highest BCUT2D eigenvalue weighted by Gasteiger charge is 2.37. The molecule has 1 saturated heterocycles. The van der Waals surface area contributed by atoms with Crippen LogP contribution in [0.25, 0.3) is 0 Å². The van der Waals surface area contributed by atoms with E-state index in [1.54, 1.807) is 0 Å². The van der Waals surface area contributed by atoms with Crippen LogP contribution in [0.2, 0.25) is 0 Å². The summed E-state index contributed by atoms with van der Waals surface area (Å²) in [5.74, 6) is 0.917. The van der Waals surface area contributed by atoms with Crippen LogP contribution >= 0.6 is 11.9 Å². The molecule has 1 saturated carbocycles. The van der Waals surface area contributed by atoms with Crippen LogP contribution in [-0.2, 0) is 4.79 Å². The molecule has 1 heterocycles. The highest BCUT2D eigenvalue weighted by atomic mass is 32.2. The molecule has 0 aromatic heterocycles. The van der Waals surface area contributed by atoms with Gasteiger partial charge in [0.1, 0.15) is 0 Å². The Bertz CT molecular complexity index is 460. The van der Waals surface area contributed by atoms with Gasteiger partial charge in [0.25, 0.3) is 0 Å². The Hall–Kier alpha value is -1.00. The Morgan fingerprint density at radius 3 is 2.79 bits per heavy atom. The van der Waals surface area contributed by atoms with E-state index in [1.807, 2.05) is 24.1 Å². The van der Waals surface area contributed by atoms with E-state index in [0.29, 0.717) is 0 Å². The number of hydrogen-bond donors (Lipinski definition) is 1. The average Bonchev–Trinajstić information content (AvgIpc) is 2.96. The fourth-order valence-corrected chi connectivity index (χ4v) is 4.38. The molecule has 1 aliphatic heterocycles. The third-order valence-electron chi connectivity index (χ3n) is 4.11. The molecule has 1 amide bonds. The lowest BCUT2D eigenvalue weighted by molar-refractivity contribution is -0.114. The normalized spacial score (nSPS) is 26.4. The number of rotatable bonds is 3.